The predicted octanol–water partition coefficient (Wildman–Crippen LogP) is 5.72. The Kier molecular flexibility index (Phi) is 4.37. The minimum absolute atomic E-state index is 0.161. The summed E-state index contributed by atoms with van der Waals surface area (Å²) in [5.74, 6) is -0.707. The van der Waals surface area contributed by atoms with Gasteiger partial charge in [-0.15, -0.1) is 0 Å². The first-order chi connectivity index (χ1) is 11.8. The molecule has 25 heavy (non-hydrogen) atoms. The fraction of sp³-hybridized carbons (Fsp3) is 0.211. The fourth-order valence-corrected chi connectivity index (χ4v) is 2.83. The van der Waals surface area contributed by atoms with Crippen LogP contribution in [0.15, 0.2) is 42.6 Å². The first kappa shape index (κ1) is 17.2. The van der Waals surface area contributed by atoms with Crippen molar-refractivity contribution in [2.75, 3.05) is 0 Å². The molecule has 1 heterocycles. The van der Waals surface area contributed by atoms with Crippen molar-refractivity contribution in [2.24, 2.45) is 0 Å². The molecule has 0 atom stereocenters. The molecule has 2 nitrogen and oxygen atoms in total. The third kappa shape index (κ3) is 3.29. The highest BCUT2D eigenvalue weighted by Crippen LogP contribution is 2.36. The van der Waals surface area contributed by atoms with Gasteiger partial charge >= 0.3 is 6.18 Å². The maximum absolute atomic E-state index is 14.2. The summed E-state index contributed by atoms with van der Waals surface area (Å²) >= 11 is 0. The van der Waals surface area contributed by atoms with E-state index in [2.05, 4.69) is 4.98 Å². The minimum atomic E-state index is -4.50. The molecule has 0 saturated heterocycles. The van der Waals surface area contributed by atoms with Crippen LogP contribution in [0.4, 0.5) is 17.6 Å². The van der Waals surface area contributed by atoms with Gasteiger partial charge in [0.05, 0.1) is 11.1 Å². The van der Waals surface area contributed by atoms with E-state index in [9.17, 15) is 22.7 Å². The molecule has 3 rings (SSSR count). The van der Waals surface area contributed by atoms with E-state index in [0.717, 1.165) is 6.07 Å². The normalized spacial score (nSPS) is 11.9. The monoisotopic (exact) mass is 349 g/mol. The lowest BCUT2D eigenvalue weighted by Crippen LogP contribution is -2.06. The number of aromatic nitrogens is 1. The highest BCUT2D eigenvalue weighted by molar-refractivity contribution is 5.86. The molecule has 6 heteroatoms. The van der Waals surface area contributed by atoms with Crippen LogP contribution >= 0.6 is 0 Å². The molecule has 130 valence electrons. The number of hydrogen-bond donors (Lipinski definition) is 1. The summed E-state index contributed by atoms with van der Waals surface area (Å²) in [6, 6.07) is 7.97. The number of nitrogens with zero attached hydrogens (tertiary/aromatic N) is 1. The Balaban J connectivity index is 2.12. The number of benzene rings is 2. The predicted molar refractivity (Wildman–Crippen MR) is 87.8 cm³/mol. The zero-order valence-corrected chi connectivity index (χ0v) is 13.4. The fourth-order valence-electron chi connectivity index (χ4n) is 2.83. The van der Waals surface area contributed by atoms with E-state index < -0.39 is 17.6 Å². The van der Waals surface area contributed by atoms with Crippen LogP contribution in [0.2, 0.25) is 0 Å². The molecule has 0 amide bonds. The highest BCUT2D eigenvalue weighted by Gasteiger charge is 2.33. The smallest absolute Gasteiger partial charge is 0.418 e. The van der Waals surface area contributed by atoms with E-state index in [1.807, 2.05) is 6.92 Å². The van der Waals surface area contributed by atoms with Crippen LogP contribution in [0.1, 0.15) is 24.5 Å². The molecule has 2 aromatic carbocycles. The number of pyridine rings is 1. The Labute approximate surface area is 141 Å². The lowest BCUT2D eigenvalue weighted by molar-refractivity contribution is -0.136. The number of halogens is 4. The Morgan fingerprint density at radius 3 is 2.48 bits per heavy atom. The first-order valence-corrected chi connectivity index (χ1v) is 7.79. The maximum atomic E-state index is 14.2. The molecule has 0 unspecified atom stereocenters. The Morgan fingerprint density at radius 1 is 1.08 bits per heavy atom. The molecule has 0 aliphatic rings. The van der Waals surface area contributed by atoms with Crippen molar-refractivity contribution in [3.63, 3.8) is 0 Å². The largest absolute Gasteiger partial charge is 0.508 e. The van der Waals surface area contributed by atoms with Gasteiger partial charge in [-0.2, -0.15) is 13.2 Å². The number of fused-ring (bicyclic) bond motifs is 1. The summed E-state index contributed by atoms with van der Waals surface area (Å²) in [6.45, 7) is 1.87. The van der Waals surface area contributed by atoms with Crippen LogP contribution in [0.3, 0.4) is 0 Å². The number of para-hydroxylation sites is 1. The van der Waals surface area contributed by atoms with Gasteiger partial charge in [0.2, 0.25) is 0 Å². The van der Waals surface area contributed by atoms with Crippen LogP contribution < -0.4 is 0 Å². The van der Waals surface area contributed by atoms with Crippen molar-refractivity contribution in [1.29, 1.82) is 0 Å². The average molecular weight is 349 g/mol. The Hall–Kier alpha value is -2.63. The van der Waals surface area contributed by atoms with Gasteiger partial charge in [0.1, 0.15) is 11.6 Å². The Morgan fingerprint density at radius 2 is 1.84 bits per heavy atom. The van der Waals surface area contributed by atoms with Gasteiger partial charge in [0, 0.05) is 22.7 Å². The molecular weight excluding hydrogens is 334 g/mol. The number of phenolic OH excluding ortho intramolecular Hbond substituents is 1. The molecule has 1 aromatic heterocycles. The van der Waals surface area contributed by atoms with Crippen LogP contribution in [0, 0.1) is 5.82 Å². The number of phenols is 1. The van der Waals surface area contributed by atoms with E-state index in [1.54, 1.807) is 0 Å². The maximum Gasteiger partial charge on any atom is 0.418 e. The first-order valence-electron chi connectivity index (χ1n) is 7.79. The summed E-state index contributed by atoms with van der Waals surface area (Å²) < 4.78 is 53.3. The quantitative estimate of drug-likeness (QED) is 0.614. The van der Waals surface area contributed by atoms with Gasteiger partial charge < -0.3 is 5.11 Å². The summed E-state index contributed by atoms with van der Waals surface area (Å²) in [6.07, 6.45) is -2.16. The molecule has 0 fully saturated rings. The van der Waals surface area contributed by atoms with E-state index in [-0.39, 0.29) is 16.8 Å². The van der Waals surface area contributed by atoms with Gasteiger partial charge in [-0.3, -0.25) is 4.98 Å². The van der Waals surface area contributed by atoms with Gasteiger partial charge in [0.15, 0.2) is 0 Å². The minimum Gasteiger partial charge on any atom is -0.508 e. The third-order valence-corrected chi connectivity index (χ3v) is 4.02. The number of aromatic hydroxyl groups is 1. The SMILES string of the molecule is CCCc1c(O)cc(-c2cnc3c(C(F)(F)F)cccc3c2)cc1F. The summed E-state index contributed by atoms with van der Waals surface area (Å²) in [5.41, 5.74) is 0.0556. The molecular formula is C19H15F4NO. The zero-order chi connectivity index (χ0) is 18.2. The second kappa shape index (κ2) is 6.35. The van der Waals surface area contributed by atoms with Crippen LogP contribution in [0.25, 0.3) is 22.0 Å². The standard InChI is InChI=1S/C19H15F4NO/c1-2-4-14-16(20)8-12(9-17(14)25)13-7-11-5-3-6-15(19(21,22)23)18(11)24-10-13/h3,5-10,25H,2,4H2,1H3. The number of rotatable bonds is 3. The number of hydrogen-bond acceptors (Lipinski definition) is 2. The van der Waals surface area contributed by atoms with Crippen molar-refractivity contribution in [3.8, 4) is 16.9 Å². The summed E-state index contributed by atoms with van der Waals surface area (Å²) in [5, 5.41) is 10.3. The molecule has 0 saturated carbocycles. The highest BCUT2D eigenvalue weighted by atomic mass is 19.4. The second-order valence-corrected chi connectivity index (χ2v) is 5.80. The summed E-state index contributed by atoms with van der Waals surface area (Å²) in [4.78, 5) is 3.92. The molecule has 0 bridgehead atoms. The van der Waals surface area contributed by atoms with Gasteiger partial charge in [-0.05, 0) is 36.2 Å². The molecule has 0 spiro atoms. The van der Waals surface area contributed by atoms with Crippen molar-refractivity contribution in [1.82, 2.24) is 4.98 Å². The van der Waals surface area contributed by atoms with Gasteiger partial charge in [-0.25, -0.2) is 4.39 Å². The average Bonchev–Trinajstić information content (AvgIpc) is 2.56. The van der Waals surface area contributed by atoms with Crippen molar-refractivity contribution < 1.29 is 22.7 Å². The molecule has 1 N–H and O–H groups in total. The lowest BCUT2D eigenvalue weighted by Gasteiger charge is -2.12. The van der Waals surface area contributed by atoms with Crippen LogP contribution in [-0.4, -0.2) is 10.1 Å². The molecule has 0 aliphatic heterocycles. The van der Waals surface area contributed by atoms with Crippen molar-refractivity contribution in [3.05, 3.63) is 59.5 Å². The van der Waals surface area contributed by atoms with Crippen molar-refractivity contribution >= 4 is 10.9 Å². The molecule has 3 aromatic rings. The zero-order valence-electron chi connectivity index (χ0n) is 13.4. The summed E-state index contributed by atoms with van der Waals surface area (Å²) in [7, 11) is 0. The van der Waals surface area contributed by atoms with Crippen LogP contribution in [-0.2, 0) is 12.6 Å². The topological polar surface area (TPSA) is 33.1 Å². The third-order valence-electron chi connectivity index (χ3n) is 4.02. The van der Waals surface area contributed by atoms with Crippen molar-refractivity contribution in [2.45, 2.75) is 25.9 Å². The molecule has 0 radical (unpaired) electrons. The lowest BCUT2D eigenvalue weighted by atomic mass is 9.99. The van der Waals surface area contributed by atoms with Gasteiger partial charge in [0.25, 0.3) is 0 Å². The van der Waals surface area contributed by atoms with E-state index in [4.69, 9.17) is 0 Å². The molecule has 0 aliphatic carbocycles. The van der Waals surface area contributed by atoms with Crippen LogP contribution in [0.5, 0.6) is 5.75 Å². The van der Waals surface area contributed by atoms with Gasteiger partial charge in [-0.1, -0.05) is 25.5 Å². The van der Waals surface area contributed by atoms with E-state index in [0.29, 0.717) is 29.4 Å². The van der Waals surface area contributed by atoms with E-state index in [1.165, 1.54) is 36.5 Å². The Bertz CT molecular complexity index is 911. The number of alkyl halides is 3. The second-order valence-electron chi connectivity index (χ2n) is 5.80. The van der Waals surface area contributed by atoms with E-state index >= 15 is 0 Å².